The van der Waals surface area contributed by atoms with Gasteiger partial charge in [-0.25, -0.2) is 4.98 Å². The number of hydrogen-bond acceptors (Lipinski definition) is 2. The van der Waals surface area contributed by atoms with E-state index in [2.05, 4.69) is 62.1 Å². The minimum absolute atomic E-state index is 0.924. The maximum atomic E-state index is 4.58. The Kier molecular flexibility index (Phi) is 2.66. The fraction of sp³-hybridized carbons (Fsp3) is 0. The number of fused-ring (bicyclic) bond motifs is 2. The van der Waals surface area contributed by atoms with Gasteiger partial charge in [0.2, 0.25) is 0 Å². The molecule has 5 aromatic rings. The lowest BCUT2D eigenvalue weighted by Crippen LogP contribution is -1.81. The van der Waals surface area contributed by atoms with Crippen LogP contribution in [-0.4, -0.2) is 15.0 Å². The first-order valence-corrected chi connectivity index (χ1v) is 8.40. The van der Waals surface area contributed by atoms with Crippen LogP contribution in [0, 0.1) is 0 Å². The van der Waals surface area contributed by atoms with E-state index in [9.17, 15) is 0 Å². The van der Waals surface area contributed by atoms with E-state index in [4.69, 9.17) is 0 Å². The molecule has 0 aliphatic heterocycles. The van der Waals surface area contributed by atoms with E-state index in [1.165, 1.54) is 22.1 Å². The Hall–Kier alpha value is -2.85. The van der Waals surface area contributed by atoms with Crippen LogP contribution in [0.15, 0.2) is 65.7 Å². The molecule has 3 nitrogen and oxygen atoms in total. The summed E-state index contributed by atoms with van der Waals surface area (Å²) >= 11 is 1.71. The van der Waals surface area contributed by atoms with Crippen LogP contribution in [0.2, 0.25) is 0 Å². The van der Waals surface area contributed by atoms with Crippen molar-refractivity contribution in [1.82, 2.24) is 15.0 Å². The van der Waals surface area contributed by atoms with Crippen LogP contribution in [0.3, 0.4) is 0 Å². The third kappa shape index (κ3) is 1.99. The molecule has 1 aromatic carbocycles. The molecule has 0 bridgehead atoms. The lowest BCUT2D eigenvalue weighted by molar-refractivity contribution is 1.33. The molecule has 4 aromatic heterocycles. The molecule has 0 aliphatic carbocycles. The zero-order chi connectivity index (χ0) is 15.2. The van der Waals surface area contributed by atoms with E-state index in [1.807, 2.05) is 18.6 Å². The topological polar surface area (TPSA) is 44.5 Å². The molecule has 4 heteroatoms. The predicted molar refractivity (Wildman–Crippen MR) is 96.7 cm³/mol. The van der Waals surface area contributed by atoms with Crippen LogP contribution in [-0.2, 0) is 0 Å². The van der Waals surface area contributed by atoms with Crippen molar-refractivity contribution in [3.8, 4) is 22.3 Å². The second-order valence-corrected chi connectivity index (χ2v) is 6.39. The number of aromatic nitrogens is 3. The maximum absolute atomic E-state index is 4.58. The standard InChI is InChI=1S/C19H13N3S/c1-2-18-13(3-5-20-18)7-12(1)17-10-22-19-16(17)8-15(9-21-19)14-4-6-23-11-14/h1-11,20H,(H,21,22). The second-order valence-electron chi connectivity index (χ2n) is 5.61. The van der Waals surface area contributed by atoms with E-state index in [0.717, 1.165) is 22.1 Å². The van der Waals surface area contributed by atoms with Gasteiger partial charge in [-0.2, -0.15) is 11.3 Å². The minimum atomic E-state index is 0.924. The monoisotopic (exact) mass is 315 g/mol. The molecular formula is C19H13N3S. The molecule has 110 valence electrons. The largest absolute Gasteiger partial charge is 0.361 e. The average Bonchev–Trinajstić information content (AvgIpc) is 3.32. The number of thiophene rings is 1. The first kappa shape index (κ1) is 12.7. The van der Waals surface area contributed by atoms with Gasteiger partial charge in [-0.1, -0.05) is 6.07 Å². The highest BCUT2D eigenvalue weighted by Crippen LogP contribution is 2.32. The molecule has 0 unspecified atom stereocenters. The molecule has 0 amide bonds. The van der Waals surface area contributed by atoms with E-state index in [1.54, 1.807) is 11.3 Å². The van der Waals surface area contributed by atoms with Gasteiger partial charge >= 0.3 is 0 Å². The summed E-state index contributed by atoms with van der Waals surface area (Å²) in [4.78, 5) is 11.1. The van der Waals surface area contributed by atoms with Gasteiger partial charge in [-0.15, -0.1) is 0 Å². The van der Waals surface area contributed by atoms with Gasteiger partial charge in [0.25, 0.3) is 0 Å². The zero-order valence-corrected chi connectivity index (χ0v) is 13.0. The van der Waals surface area contributed by atoms with Gasteiger partial charge in [-0.05, 0) is 57.6 Å². The number of rotatable bonds is 2. The normalized spacial score (nSPS) is 11.5. The Morgan fingerprint density at radius 3 is 2.83 bits per heavy atom. The third-order valence-corrected chi connectivity index (χ3v) is 4.93. The van der Waals surface area contributed by atoms with Gasteiger partial charge in [0, 0.05) is 40.6 Å². The smallest absolute Gasteiger partial charge is 0.137 e. The molecule has 2 N–H and O–H groups in total. The first-order valence-electron chi connectivity index (χ1n) is 7.46. The summed E-state index contributed by atoms with van der Waals surface area (Å²) in [5.41, 5.74) is 6.85. The quantitative estimate of drug-likeness (QED) is 0.447. The van der Waals surface area contributed by atoms with Crippen LogP contribution in [0.4, 0.5) is 0 Å². The highest BCUT2D eigenvalue weighted by molar-refractivity contribution is 7.08. The van der Waals surface area contributed by atoms with E-state index >= 15 is 0 Å². The Morgan fingerprint density at radius 2 is 1.91 bits per heavy atom. The SMILES string of the molecule is c1cc2cc(-c3c[nH]c4ncc(-c5ccsc5)cc34)ccc2[nH]1. The lowest BCUT2D eigenvalue weighted by Gasteiger charge is -2.02. The van der Waals surface area contributed by atoms with Crippen LogP contribution in [0.25, 0.3) is 44.2 Å². The van der Waals surface area contributed by atoms with Crippen molar-refractivity contribution in [3.63, 3.8) is 0 Å². The number of pyridine rings is 1. The summed E-state index contributed by atoms with van der Waals surface area (Å²) in [6.45, 7) is 0. The molecule has 5 rings (SSSR count). The number of benzene rings is 1. The highest BCUT2D eigenvalue weighted by Gasteiger charge is 2.10. The zero-order valence-electron chi connectivity index (χ0n) is 12.2. The van der Waals surface area contributed by atoms with Crippen LogP contribution < -0.4 is 0 Å². The van der Waals surface area contributed by atoms with Gasteiger partial charge in [0.05, 0.1) is 0 Å². The van der Waals surface area contributed by atoms with Crippen LogP contribution in [0.1, 0.15) is 0 Å². The Morgan fingerprint density at radius 1 is 0.913 bits per heavy atom. The van der Waals surface area contributed by atoms with E-state index in [-0.39, 0.29) is 0 Å². The third-order valence-electron chi connectivity index (χ3n) is 4.25. The van der Waals surface area contributed by atoms with Gasteiger partial charge in [0.1, 0.15) is 5.65 Å². The fourth-order valence-corrected chi connectivity index (χ4v) is 3.71. The summed E-state index contributed by atoms with van der Waals surface area (Å²) in [6, 6.07) is 12.9. The summed E-state index contributed by atoms with van der Waals surface area (Å²) in [6.07, 6.45) is 5.95. The summed E-state index contributed by atoms with van der Waals surface area (Å²) in [7, 11) is 0. The summed E-state index contributed by atoms with van der Waals surface area (Å²) in [5.74, 6) is 0. The molecule has 0 spiro atoms. The predicted octanol–water partition coefficient (Wildman–Crippen LogP) is 5.44. The molecule has 0 aliphatic rings. The maximum Gasteiger partial charge on any atom is 0.137 e. The number of nitrogens with zero attached hydrogens (tertiary/aromatic N) is 1. The van der Waals surface area contributed by atoms with Crippen molar-refractivity contribution < 1.29 is 0 Å². The van der Waals surface area contributed by atoms with Gasteiger partial charge in [-0.3, -0.25) is 0 Å². The molecule has 4 heterocycles. The first-order chi connectivity index (χ1) is 11.4. The fourth-order valence-electron chi connectivity index (χ4n) is 3.05. The average molecular weight is 315 g/mol. The van der Waals surface area contributed by atoms with Crippen LogP contribution in [0.5, 0.6) is 0 Å². The molecule has 0 saturated carbocycles. The summed E-state index contributed by atoms with van der Waals surface area (Å²) < 4.78 is 0. The molecule has 0 atom stereocenters. The summed E-state index contributed by atoms with van der Waals surface area (Å²) in [5, 5.41) is 6.63. The van der Waals surface area contributed by atoms with Crippen LogP contribution >= 0.6 is 11.3 Å². The Balaban J connectivity index is 1.72. The lowest BCUT2D eigenvalue weighted by atomic mass is 10.0. The van der Waals surface area contributed by atoms with Crippen molar-refractivity contribution in [2.24, 2.45) is 0 Å². The molecule has 0 fully saturated rings. The Labute approximate surface area is 136 Å². The van der Waals surface area contributed by atoms with Gasteiger partial charge < -0.3 is 9.97 Å². The minimum Gasteiger partial charge on any atom is -0.361 e. The van der Waals surface area contributed by atoms with Crippen molar-refractivity contribution in [2.75, 3.05) is 0 Å². The number of nitrogens with one attached hydrogen (secondary N) is 2. The van der Waals surface area contributed by atoms with E-state index in [0.29, 0.717) is 0 Å². The number of aromatic amines is 2. The highest BCUT2D eigenvalue weighted by atomic mass is 32.1. The molecule has 0 radical (unpaired) electrons. The van der Waals surface area contributed by atoms with Crippen molar-refractivity contribution >= 4 is 33.3 Å². The van der Waals surface area contributed by atoms with Crippen molar-refractivity contribution in [2.45, 2.75) is 0 Å². The van der Waals surface area contributed by atoms with E-state index < -0.39 is 0 Å². The number of H-pyrrole nitrogens is 2. The van der Waals surface area contributed by atoms with Crippen molar-refractivity contribution in [1.29, 1.82) is 0 Å². The van der Waals surface area contributed by atoms with Crippen molar-refractivity contribution in [3.05, 3.63) is 65.7 Å². The molecule has 0 saturated heterocycles. The molecule has 23 heavy (non-hydrogen) atoms. The second kappa shape index (κ2) is 4.83. The van der Waals surface area contributed by atoms with Gasteiger partial charge in [0.15, 0.2) is 0 Å². The molecular weight excluding hydrogens is 302 g/mol. The number of hydrogen-bond donors (Lipinski definition) is 2. The Bertz CT molecular complexity index is 1120.